The Morgan fingerprint density at radius 3 is 2.37 bits per heavy atom. The van der Waals surface area contributed by atoms with Gasteiger partial charge in [-0.3, -0.25) is 4.79 Å². The number of hydrogen-bond acceptors (Lipinski definition) is 4. The van der Waals surface area contributed by atoms with Crippen molar-refractivity contribution in [2.24, 2.45) is 0 Å². The van der Waals surface area contributed by atoms with Gasteiger partial charge in [-0.25, -0.2) is 0 Å². The number of nitriles is 1. The van der Waals surface area contributed by atoms with Gasteiger partial charge in [0.05, 0.1) is 18.7 Å². The molecule has 1 heterocycles. The monoisotopic (exact) mass is 415 g/mol. The number of aromatic amines is 1. The van der Waals surface area contributed by atoms with Crippen LogP contribution in [-0.2, 0) is 11.2 Å². The third kappa shape index (κ3) is 8.84. The number of nitrogens with zero attached hydrogens (tertiary/aromatic N) is 1. The molecule has 0 saturated heterocycles. The van der Waals surface area contributed by atoms with Gasteiger partial charge in [-0.1, -0.05) is 18.2 Å². The molecule has 0 saturated carbocycles. The number of alkyl halides is 2. The molecule has 1 atom stereocenters. The zero-order valence-electron chi connectivity index (χ0n) is 17.6. The van der Waals surface area contributed by atoms with E-state index in [0.717, 1.165) is 23.1 Å². The SMILES string of the molecule is CC(F)(F)C=O.CNC(C)Cc1c[nH]c2ccc(C#N)cc12.COc1ccccc1. The predicted octanol–water partition coefficient (Wildman–Crippen LogP) is 4.73. The van der Waals surface area contributed by atoms with Crippen LogP contribution in [-0.4, -0.2) is 37.4 Å². The van der Waals surface area contributed by atoms with Crippen molar-refractivity contribution in [2.75, 3.05) is 14.2 Å². The molecule has 0 aliphatic carbocycles. The minimum atomic E-state index is -3.14. The highest BCUT2D eigenvalue weighted by molar-refractivity contribution is 5.84. The van der Waals surface area contributed by atoms with Crippen molar-refractivity contribution < 1.29 is 18.3 Å². The molecule has 5 nitrogen and oxygen atoms in total. The molecule has 7 heteroatoms. The number of aldehydes is 1. The van der Waals surface area contributed by atoms with Gasteiger partial charge in [0.15, 0.2) is 6.29 Å². The molecular weight excluding hydrogens is 388 g/mol. The van der Waals surface area contributed by atoms with Crippen molar-refractivity contribution in [1.29, 1.82) is 5.26 Å². The number of rotatable bonds is 5. The summed E-state index contributed by atoms with van der Waals surface area (Å²) in [5, 5.41) is 13.3. The molecule has 160 valence electrons. The smallest absolute Gasteiger partial charge is 0.299 e. The fraction of sp³-hybridized carbons (Fsp3) is 0.304. The van der Waals surface area contributed by atoms with E-state index in [1.54, 1.807) is 7.11 Å². The van der Waals surface area contributed by atoms with Crippen LogP contribution >= 0.6 is 0 Å². The number of likely N-dealkylation sites (N-methyl/N-ethyl adjacent to an activating group) is 1. The summed E-state index contributed by atoms with van der Waals surface area (Å²) < 4.78 is 27.1. The molecule has 0 fully saturated rings. The lowest BCUT2D eigenvalue weighted by molar-refractivity contribution is -0.126. The average molecular weight is 415 g/mol. The molecule has 1 aromatic heterocycles. The number of benzene rings is 2. The molecule has 3 rings (SSSR count). The van der Waals surface area contributed by atoms with Gasteiger partial charge in [0.2, 0.25) is 0 Å². The van der Waals surface area contributed by atoms with Gasteiger partial charge in [-0.05, 0) is 56.3 Å². The van der Waals surface area contributed by atoms with E-state index in [-0.39, 0.29) is 0 Å². The standard InChI is InChI=1S/C13H15N3.C7H8O.C3H4F2O/c1-9(15-2)5-11-8-16-13-4-3-10(7-14)6-12(11)13;1-8-7-5-3-2-4-6-7;1-3(4,5)2-6/h3-4,6,8-9,15-16H,5H2,1-2H3;2-6H,1H3;2H,1H3. The summed E-state index contributed by atoms with van der Waals surface area (Å²) in [7, 11) is 3.62. The van der Waals surface area contributed by atoms with E-state index >= 15 is 0 Å². The summed E-state index contributed by atoms with van der Waals surface area (Å²) in [5.41, 5.74) is 3.07. The van der Waals surface area contributed by atoms with Crippen LogP contribution in [0, 0.1) is 11.3 Å². The summed E-state index contributed by atoms with van der Waals surface area (Å²) in [4.78, 5) is 12.3. The Balaban J connectivity index is 0.000000268. The van der Waals surface area contributed by atoms with Crippen molar-refractivity contribution in [2.45, 2.75) is 32.2 Å². The van der Waals surface area contributed by atoms with Gasteiger partial charge in [0.1, 0.15) is 5.75 Å². The number of para-hydroxylation sites is 1. The van der Waals surface area contributed by atoms with Crippen molar-refractivity contribution >= 4 is 17.2 Å². The lowest BCUT2D eigenvalue weighted by atomic mass is 10.0. The second kappa shape index (κ2) is 12.3. The Kier molecular flexibility index (Phi) is 10.2. The number of hydrogen-bond donors (Lipinski definition) is 2. The first kappa shape index (κ1) is 24.8. The summed E-state index contributed by atoms with van der Waals surface area (Å²) in [6.07, 6.45) is 2.60. The number of H-pyrrole nitrogens is 1. The summed E-state index contributed by atoms with van der Waals surface area (Å²) in [6.45, 7) is 2.69. The quantitative estimate of drug-likeness (QED) is 0.591. The first-order valence-corrected chi connectivity index (χ1v) is 9.34. The van der Waals surface area contributed by atoms with Gasteiger partial charge in [0, 0.05) is 30.1 Å². The minimum Gasteiger partial charge on any atom is -0.497 e. The third-order valence-electron chi connectivity index (χ3n) is 4.10. The Labute approximate surface area is 175 Å². The Morgan fingerprint density at radius 1 is 1.27 bits per heavy atom. The van der Waals surface area contributed by atoms with Crippen LogP contribution in [0.15, 0.2) is 54.7 Å². The molecule has 2 aromatic carbocycles. The second-order valence-electron chi connectivity index (χ2n) is 6.67. The van der Waals surface area contributed by atoms with Crippen molar-refractivity contribution in [1.82, 2.24) is 10.3 Å². The molecule has 30 heavy (non-hydrogen) atoms. The fourth-order valence-corrected chi connectivity index (χ4v) is 2.41. The van der Waals surface area contributed by atoms with Crippen molar-refractivity contribution in [3.05, 3.63) is 65.9 Å². The lowest BCUT2D eigenvalue weighted by Crippen LogP contribution is -2.23. The van der Waals surface area contributed by atoms with E-state index in [2.05, 4.69) is 23.3 Å². The maximum absolute atomic E-state index is 11.1. The van der Waals surface area contributed by atoms with Gasteiger partial charge < -0.3 is 15.0 Å². The molecule has 0 radical (unpaired) electrons. The van der Waals surface area contributed by atoms with E-state index in [1.807, 2.05) is 61.8 Å². The van der Waals surface area contributed by atoms with Crippen LogP contribution in [0.1, 0.15) is 25.0 Å². The number of ether oxygens (including phenoxy) is 1. The zero-order valence-corrected chi connectivity index (χ0v) is 17.6. The Bertz CT molecular complexity index is 944. The molecule has 0 spiro atoms. The minimum absolute atomic E-state index is 0.396. The second-order valence-corrected chi connectivity index (χ2v) is 6.67. The first-order chi connectivity index (χ1) is 14.2. The van der Waals surface area contributed by atoms with Gasteiger partial charge in [-0.15, -0.1) is 0 Å². The van der Waals surface area contributed by atoms with Crippen molar-refractivity contribution in [3.8, 4) is 11.8 Å². The molecule has 1 unspecified atom stereocenters. The van der Waals surface area contributed by atoms with E-state index in [1.165, 1.54) is 5.56 Å². The predicted molar refractivity (Wildman–Crippen MR) is 115 cm³/mol. The number of halogens is 2. The van der Waals surface area contributed by atoms with E-state index < -0.39 is 12.2 Å². The molecular formula is C23H27F2N3O2. The van der Waals surface area contributed by atoms with Crippen molar-refractivity contribution in [3.63, 3.8) is 0 Å². The normalized spacial score (nSPS) is 11.2. The van der Waals surface area contributed by atoms with E-state index in [9.17, 15) is 8.78 Å². The number of nitrogens with one attached hydrogen (secondary N) is 2. The maximum Gasteiger partial charge on any atom is 0.299 e. The fourth-order valence-electron chi connectivity index (χ4n) is 2.41. The molecule has 0 amide bonds. The highest BCUT2D eigenvalue weighted by Crippen LogP contribution is 2.20. The topological polar surface area (TPSA) is 77.9 Å². The maximum atomic E-state index is 11.1. The lowest BCUT2D eigenvalue weighted by Gasteiger charge is -2.08. The molecule has 0 aliphatic heterocycles. The largest absolute Gasteiger partial charge is 0.497 e. The van der Waals surface area contributed by atoms with Gasteiger partial charge >= 0.3 is 0 Å². The number of carbonyl (C=O) groups excluding carboxylic acids is 1. The van der Waals surface area contributed by atoms with E-state index in [4.69, 9.17) is 14.8 Å². The average Bonchev–Trinajstić information content (AvgIpc) is 3.16. The molecule has 0 aliphatic rings. The van der Waals surface area contributed by atoms with Gasteiger partial charge in [0.25, 0.3) is 5.92 Å². The molecule has 0 bridgehead atoms. The molecule has 3 aromatic rings. The highest BCUT2D eigenvalue weighted by Gasteiger charge is 2.17. The number of aromatic nitrogens is 1. The van der Waals surface area contributed by atoms with Crippen LogP contribution in [0.25, 0.3) is 10.9 Å². The summed E-state index contributed by atoms with van der Waals surface area (Å²) >= 11 is 0. The molecule has 2 N–H and O–H groups in total. The van der Waals surface area contributed by atoms with E-state index in [0.29, 0.717) is 18.5 Å². The zero-order chi connectivity index (χ0) is 22.6. The first-order valence-electron chi connectivity index (χ1n) is 9.34. The van der Waals surface area contributed by atoms with Crippen LogP contribution in [0.4, 0.5) is 8.78 Å². The summed E-state index contributed by atoms with van der Waals surface area (Å²) in [6, 6.07) is 18.0. The highest BCUT2D eigenvalue weighted by atomic mass is 19.3. The van der Waals surface area contributed by atoms with Crippen LogP contribution < -0.4 is 10.1 Å². The number of methoxy groups -OCH3 is 1. The Hall–Kier alpha value is -3.24. The third-order valence-corrected chi connectivity index (χ3v) is 4.10. The summed E-state index contributed by atoms with van der Waals surface area (Å²) in [5.74, 6) is -2.23. The van der Waals surface area contributed by atoms with Gasteiger partial charge in [-0.2, -0.15) is 14.0 Å². The number of fused-ring (bicyclic) bond motifs is 1. The van der Waals surface area contributed by atoms with Crippen LogP contribution in [0.5, 0.6) is 5.75 Å². The van der Waals surface area contributed by atoms with Crippen LogP contribution in [0.3, 0.4) is 0 Å². The number of carbonyl (C=O) groups is 1. The Morgan fingerprint density at radius 2 is 1.90 bits per heavy atom. The van der Waals surface area contributed by atoms with Crippen LogP contribution in [0.2, 0.25) is 0 Å².